The maximum absolute atomic E-state index is 5.33. The smallest absolute Gasteiger partial charge is 0.191 e. The van der Waals surface area contributed by atoms with Crippen LogP contribution in [0.2, 0.25) is 0 Å². The Hall–Kier alpha value is -2.70. The average Bonchev–Trinajstić information content (AvgIpc) is 3.02. The third kappa shape index (κ3) is 4.65. The molecule has 0 aliphatic rings. The molecule has 0 bridgehead atoms. The number of hydrogen-bond donors (Lipinski definition) is 2. The third-order valence-corrected chi connectivity index (χ3v) is 3.57. The van der Waals surface area contributed by atoms with E-state index in [1.54, 1.807) is 20.4 Å². The van der Waals surface area contributed by atoms with Crippen LogP contribution in [0.25, 0.3) is 0 Å². The molecule has 0 spiro atoms. The number of benzene rings is 1. The summed E-state index contributed by atoms with van der Waals surface area (Å²) in [5.74, 6) is 2.18. The Balaban J connectivity index is 2.03. The van der Waals surface area contributed by atoms with Crippen molar-refractivity contribution in [1.29, 1.82) is 0 Å². The number of rotatable bonds is 7. The van der Waals surface area contributed by atoms with Gasteiger partial charge in [0.1, 0.15) is 0 Å². The minimum absolute atomic E-state index is 0.543. The molecule has 0 amide bonds. The third-order valence-electron chi connectivity index (χ3n) is 3.57. The molecule has 0 aliphatic carbocycles. The summed E-state index contributed by atoms with van der Waals surface area (Å²) < 4.78 is 12.4. The molecule has 0 unspecified atom stereocenters. The molecule has 130 valence electrons. The lowest BCUT2D eigenvalue weighted by Gasteiger charge is -2.12. The Morgan fingerprint density at radius 2 is 1.96 bits per heavy atom. The number of aryl methyl sites for hydroxylation is 1. The van der Waals surface area contributed by atoms with Gasteiger partial charge in [0.25, 0.3) is 0 Å². The first kappa shape index (κ1) is 17.7. The summed E-state index contributed by atoms with van der Waals surface area (Å²) in [5.41, 5.74) is 2.14. The first-order valence-electron chi connectivity index (χ1n) is 7.87. The van der Waals surface area contributed by atoms with Gasteiger partial charge in [0, 0.05) is 19.8 Å². The van der Waals surface area contributed by atoms with E-state index in [4.69, 9.17) is 9.47 Å². The highest BCUT2D eigenvalue weighted by Crippen LogP contribution is 2.27. The second-order valence-electron chi connectivity index (χ2n) is 5.18. The van der Waals surface area contributed by atoms with Crippen LogP contribution in [0.3, 0.4) is 0 Å². The Morgan fingerprint density at radius 1 is 1.17 bits per heavy atom. The largest absolute Gasteiger partial charge is 0.493 e. The molecule has 0 aliphatic heterocycles. The van der Waals surface area contributed by atoms with Gasteiger partial charge in [-0.05, 0) is 30.7 Å². The quantitative estimate of drug-likeness (QED) is 0.597. The van der Waals surface area contributed by atoms with Gasteiger partial charge in [-0.1, -0.05) is 6.07 Å². The second-order valence-corrected chi connectivity index (χ2v) is 5.18. The molecule has 0 atom stereocenters. The van der Waals surface area contributed by atoms with E-state index in [2.05, 4.69) is 20.7 Å². The van der Waals surface area contributed by atoms with Crippen LogP contribution >= 0.6 is 0 Å². The van der Waals surface area contributed by atoms with Gasteiger partial charge in [-0.15, -0.1) is 0 Å². The lowest BCUT2D eigenvalue weighted by atomic mass is 10.2. The zero-order valence-corrected chi connectivity index (χ0v) is 14.7. The first-order valence-corrected chi connectivity index (χ1v) is 7.87. The topological polar surface area (TPSA) is 72.7 Å². The van der Waals surface area contributed by atoms with Crippen molar-refractivity contribution >= 4 is 5.96 Å². The molecule has 1 heterocycles. The predicted octanol–water partition coefficient (Wildman–Crippen LogP) is 1.69. The minimum atomic E-state index is 0.543. The summed E-state index contributed by atoms with van der Waals surface area (Å²) in [6.07, 6.45) is 1.78. The number of ether oxygens (including phenoxy) is 2. The van der Waals surface area contributed by atoms with E-state index in [9.17, 15) is 0 Å². The highest BCUT2D eigenvalue weighted by molar-refractivity contribution is 5.79. The van der Waals surface area contributed by atoms with Crippen molar-refractivity contribution in [2.24, 2.45) is 12.0 Å². The number of hydrogen-bond acceptors (Lipinski definition) is 4. The van der Waals surface area contributed by atoms with Crippen molar-refractivity contribution in [1.82, 2.24) is 20.4 Å². The zero-order chi connectivity index (χ0) is 17.4. The number of nitrogens with zero attached hydrogens (tertiary/aromatic N) is 3. The van der Waals surface area contributed by atoms with Crippen LogP contribution in [-0.4, -0.2) is 36.5 Å². The van der Waals surface area contributed by atoms with E-state index in [0.29, 0.717) is 24.6 Å². The SMILES string of the molecule is CCNC(=NCc1ccc(OC)c(OC)c1)NCc1ccnn1C. The summed E-state index contributed by atoms with van der Waals surface area (Å²) in [6, 6.07) is 7.78. The Bertz CT molecular complexity index is 681. The summed E-state index contributed by atoms with van der Waals surface area (Å²) in [6.45, 7) is 4.04. The Labute approximate surface area is 142 Å². The van der Waals surface area contributed by atoms with E-state index < -0.39 is 0 Å². The summed E-state index contributed by atoms with van der Waals surface area (Å²) in [7, 11) is 5.18. The lowest BCUT2D eigenvalue weighted by Crippen LogP contribution is -2.37. The van der Waals surface area contributed by atoms with Crippen LogP contribution in [0.1, 0.15) is 18.2 Å². The summed E-state index contributed by atoms with van der Waals surface area (Å²) in [4.78, 5) is 4.61. The van der Waals surface area contributed by atoms with E-state index in [1.165, 1.54) is 0 Å². The van der Waals surface area contributed by atoms with Crippen molar-refractivity contribution in [3.05, 3.63) is 41.7 Å². The summed E-state index contributed by atoms with van der Waals surface area (Å²) >= 11 is 0. The fourth-order valence-corrected chi connectivity index (χ4v) is 2.24. The first-order chi connectivity index (χ1) is 11.7. The lowest BCUT2D eigenvalue weighted by molar-refractivity contribution is 0.354. The molecule has 0 saturated carbocycles. The molecule has 2 N–H and O–H groups in total. The number of guanidine groups is 1. The molecule has 0 saturated heterocycles. The van der Waals surface area contributed by atoms with Gasteiger partial charge in [-0.3, -0.25) is 4.68 Å². The van der Waals surface area contributed by atoms with Crippen molar-refractivity contribution in [3.63, 3.8) is 0 Å². The number of aliphatic imine (C=N–C) groups is 1. The van der Waals surface area contributed by atoms with Gasteiger partial charge in [-0.2, -0.15) is 5.10 Å². The second kappa shape index (κ2) is 8.81. The maximum Gasteiger partial charge on any atom is 0.191 e. The molecule has 7 heteroatoms. The number of methoxy groups -OCH3 is 2. The molecule has 0 radical (unpaired) electrons. The van der Waals surface area contributed by atoms with Crippen LogP contribution in [0.15, 0.2) is 35.5 Å². The number of nitrogens with one attached hydrogen (secondary N) is 2. The van der Waals surface area contributed by atoms with Gasteiger partial charge in [0.15, 0.2) is 17.5 Å². The van der Waals surface area contributed by atoms with Crippen molar-refractivity contribution in [3.8, 4) is 11.5 Å². The minimum Gasteiger partial charge on any atom is -0.493 e. The molecule has 24 heavy (non-hydrogen) atoms. The standard InChI is InChI=1S/C17H25N5O2/c1-5-18-17(20-12-14-8-9-21-22(14)2)19-11-13-6-7-15(23-3)16(10-13)24-4/h6-10H,5,11-12H2,1-4H3,(H2,18,19,20). The highest BCUT2D eigenvalue weighted by atomic mass is 16.5. The van der Waals surface area contributed by atoms with Gasteiger partial charge < -0.3 is 20.1 Å². The maximum atomic E-state index is 5.33. The molecule has 2 aromatic rings. The van der Waals surface area contributed by atoms with Crippen molar-refractivity contribution in [2.45, 2.75) is 20.0 Å². The molecular formula is C17H25N5O2. The normalized spacial score (nSPS) is 11.2. The fourth-order valence-electron chi connectivity index (χ4n) is 2.24. The molecular weight excluding hydrogens is 306 g/mol. The predicted molar refractivity (Wildman–Crippen MR) is 94.4 cm³/mol. The molecule has 0 fully saturated rings. The average molecular weight is 331 g/mol. The van der Waals surface area contributed by atoms with Gasteiger partial charge in [0.2, 0.25) is 0 Å². The van der Waals surface area contributed by atoms with Gasteiger partial charge >= 0.3 is 0 Å². The summed E-state index contributed by atoms with van der Waals surface area (Å²) in [5, 5.41) is 10.7. The van der Waals surface area contributed by atoms with Gasteiger partial charge in [-0.25, -0.2) is 4.99 Å². The fraction of sp³-hybridized carbons (Fsp3) is 0.412. The Morgan fingerprint density at radius 3 is 2.58 bits per heavy atom. The molecule has 7 nitrogen and oxygen atoms in total. The van der Waals surface area contributed by atoms with E-state index >= 15 is 0 Å². The van der Waals surface area contributed by atoms with Crippen molar-refractivity contribution < 1.29 is 9.47 Å². The zero-order valence-electron chi connectivity index (χ0n) is 14.7. The van der Waals surface area contributed by atoms with Crippen LogP contribution < -0.4 is 20.1 Å². The molecule has 2 rings (SSSR count). The van der Waals surface area contributed by atoms with E-state index in [0.717, 1.165) is 23.8 Å². The van der Waals surface area contributed by atoms with Crippen molar-refractivity contribution in [2.75, 3.05) is 20.8 Å². The van der Waals surface area contributed by atoms with Crippen LogP contribution in [0, 0.1) is 0 Å². The van der Waals surface area contributed by atoms with Crippen LogP contribution in [0.5, 0.6) is 11.5 Å². The Kier molecular flexibility index (Phi) is 6.48. The highest BCUT2D eigenvalue weighted by Gasteiger charge is 2.05. The van der Waals surface area contributed by atoms with Crippen LogP contribution in [-0.2, 0) is 20.1 Å². The van der Waals surface area contributed by atoms with E-state index in [-0.39, 0.29) is 0 Å². The molecule has 1 aromatic carbocycles. The van der Waals surface area contributed by atoms with Gasteiger partial charge in [0.05, 0.1) is 33.0 Å². The number of aromatic nitrogens is 2. The van der Waals surface area contributed by atoms with E-state index in [1.807, 2.05) is 42.9 Å². The van der Waals surface area contributed by atoms with Crippen LogP contribution in [0.4, 0.5) is 0 Å². The monoisotopic (exact) mass is 331 g/mol. The molecule has 1 aromatic heterocycles.